The van der Waals surface area contributed by atoms with Gasteiger partial charge in [-0.15, -0.1) is 5.10 Å². The summed E-state index contributed by atoms with van der Waals surface area (Å²) in [6.45, 7) is 8.77. The number of anilines is 2. The highest BCUT2D eigenvalue weighted by atomic mass is 16.2. The van der Waals surface area contributed by atoms with Gasteiger partial charge in [0.25, 0.3) is 0 Å². The molecule has 0 unspecified atom stereocenters. The van der Waals surface area contributed by atoms with Crippen LogP contribution in [-0.4, -0.2) is 70.2 Å². The second-order valence-corrected chi connectivity index (χ2v) is 7.62. The van der Waals surface area contributed by atoms with E-state index in [1.807, 2.05) is 36.9 Å². The second kappa shape index (κ2) is 8.08. The van der Waals surface area contributed by atoms with Crippen molar-refractivity contribution in [2.24, 2.45) is 5.92 Å². The van der Waals surface area contributed by atoms with Crippen molar-refractivity contribution in [2.45, 2.75) is 26.7 Å². The predicted octanol–water partition coefficient (Wildman–Crippen LogP) is 1.45. The van der Waals surface area contributed by atoms with Gasteiger partial charge in [-0.1, -0.05) is 0 Å². The molecule has 148 valence electrons. The van der Waals surface area contributed by atoms with Gasteiger partial charge in [-0.25, -0.2) is 9.97 Å². The van der Waals surface area contributed by atoms with Crippen LogP contribution in [0.2, 0.25) is 0 Å². The summed E-state index contributed by atoms with van der Waals surface area (Å²) in [5, 5.41) is 8.41. The van der Waals surface area contributed by atoms with E-state index in [2.05, 4.69) is 30.0 Å². The summed E-state index contributed by atoms with van der Waals surface area (Å²) in [6.07, 6.45) is 3.35. The first-order chi connectivity index (χ1) is 13.6. The highest BCUT2D eigenvalue weighted by Crippen LogP contribution is 2.24. The zero-order chi connectivity index (χ0) is 19.5. The lowest BCUT2D eigenvalue weighted by Crippen LogP contribution is -2.52. The minimum Gasteiger partial charge on any atom is -0.355 e. The summed E-state index contributed by atoms with van der Waals surface area (Å²) in [5.74, 6) is 2.27. The van der Waals surface area contributed by atoms with Crippen molar-refractivity contribution in [3.8, 4) is 0 Å². The average molecular weight is 381 g/mol. The first kappa shape index (κ1) is 18.6. The summed E-state index contributed by atoms with van der Waals surface area (Å²) in [4.78, 5) is 28.0. The first-order valence-electron chi connectivity index (χ1n) is 9.98. The molecular formula is C20H27N7O. The molecule has 0 spiro atoms. The number of amides is 1. The third-order valence-corrected chi connectivity index (χ3v) is 5.66. The minimum atomic E-state index is 0.113. The molecule has 0 saturated carbocycles. The highest BCUT2D eigenvalue weighted by Gasteiger charge is 2.31. The number of hydrogen-bond donors (Lipinski definition) is 0. The fourth-order valence-electron chi connectivity index (χ4n) is 3.94. The Hall–Kier alpha value is -2.77. The molecule has 0 atom stereocenters. The van der Waals surface area contributed by atoms with Crippen molar-refractivity contribution in [3.63, 3.8) is 0 Å². The Morgan fingerprint density at radius 3 is 2.21 bits per heavy atom. The van der Waals surface area contributed by atoms with Gasteiger partial charge in [0.15, 0.2) is 5.82 Å². The van der Waals surface area contributed by atoms with E-state index in [0.717, 1.165) is 75.1 Å². The largest absolute Gasteiger partial charge is 0.355 e. The monoisotopic (exact) mass is 381 g/mol. The van der Waals surface area contributed by atoms with Gasteiger partial charge in [0, 0.05) is 56.9 Å². The standard InChI is InChI=1S/C20H27N7O/c1-15-3-4-18(24-23-15)25-7-5-17(6-8-25)20(28)27-11-9-26(10-12-27)19-13-16(2)21-14-22-19/h3-4,13-14,17H,5-12H2,1-2H3. The average Bonchev–Trinajstić information content (AvgIpc) is 2.74. The number of carbonyl (C=O) groups is 1. The van der Waals surface area contributed by atoms with Gasteiger partial charge >= 0.3 is 0 Å². The zero-order valence-corrected chi connectivity index (χ0v) is 16.6. The molecular weight excluding hydrogens is 354 g/mol. The zero-order valence-electron chi connectivity index (χ0n) is 16.6. The maximum absolute atomic E-state index is 13.0. The van der Waals surface area contributed by atoms with E-state index in [1.165, 1.54) is 0 Å². The Balaban J connectivity index is 1.28. The van der Waals surface area contributed by atoms with Gasteiger partial charge in [-0.05, 0) is 38.8 Å². The summed E-state index contributed by atoms with van der Waals surface area (Å²) < 4.78 is 0. The van der Waals surface area contributed by atoms with Crippen molar-refractivity contribution in [1.29, 1.82) is 0 Å². The van der Waals surface area contributed by atoms with Crippen LogP contribution in [-0.2, 0) is 4.79 Å². The van der Waals surface area contributed by atoms with Gasteiger partial charge in [0.2, 0.25) is 5.91 Å². The first-order valence-corrected chi connectivity index (χ1v) is 9.98. The molecule has 2 aliphatic heterocycles. The number of aryl methyl sites for hydroxylation is 2. The maximum Gasteiger partial charge on any atom is 0.225 e. The molecule has 8 heteroatoms. The van der Waals surface area contributed by atoms with E-state index in [9.17, 15) is 4.79 Å². The van der Waals surface area contributed by atoms with E-state index < -0.39 is 0 Å². The normalized spacial score (nSPS) is 18.4. The van der Waals surface area contributed by atoms with E-state index in [0.29, 0.717) is 5.91 Å². The summed E-state index contributed by atoms with van der Waals surface area (Å²) in [7, 11) is 0. The predicted molar refractivity (Wildman–Crippen MR) is 107 cm³/mol. The number of nitrogens with zero attached hydrogens (tertiary/aromatic N) is 7. The molecule has 8 nitrogen and oxygen atoms in total. The lowest BCUT2D eigenvalue weighted by molar-refractivity contribution is -0.136. The molecule has 2 fully saturated rings. The van der Waals surface area contributed by atoms with E-state index >= 15 is 0 Å². The molecule has 2 aromatic rings. The van der Waals surface area contributed by atoms with Crippen molar-refractivity contribution >= 4 is 17.5 Å². The van der Waals surface area contributed by atoms with Gasteiger partial charge in [-0.3, -0.25) is 4.79 Å². The van der Waals surface area contributed by atoms with Crippen molar-refractivity contribution in [1.82, 2.24) is 25.1 Å². The quantitative estimate of drug-likeness (QED) is 0.796. The van der Waals surface area contributed by atoms with Crippen LogP contribution in [0, 0.1) is 19.8 Å². The number of carbonyl (C=O) groups excluding carboxylic acids is 1. The van der Waals surface area contributed by atoms with E-state index in [4.69, 9.17) is 0 Å². The molecule has 2 saturated heterocycles. The summed E-state index contributed by atoms with van der Waals surface area (Å²) >= 11 is 0. The Morgan fingerprint density at radius 2 is 1.57 bits per heavy atom. The topological polar surface area (TPSA) is 78.4 Å². The molecule has 0 aromatic carbocycles. The number of hydrogen-bond acceptors (Lipinski definition) is 7. The van der Waals surface area contributed by atoms with Crippen LogP contribution in [0.15, 0.2) is 24.5 Å². The van der Waals surface area contributed by atoms with Crippen molar-refractivity contribution in [3.05, 3.63) is 35.9 Å². The lowest BCUT2D eigenvalue weighted by atomic mass is 9.95. The third kappa shape index (κ3) is 4.05. The smallest absolute Gasteiger partial charge is 0.225 e. The fraction of sp³-hybridized carbons (Fsp3) is 0.550. The van der Waals surface area contributed by atoms with Gasteiger partial charge in [0.1, 0.15) is 12.1 Å². The minimum absolute atomic E-state index is 0.113. The van der Waals surface area contributed by atoms with Crippen LogP contribution >= 0.6 is 0 Å². The summed E-state index contributed by atoms with van der Waals surface area (Å²) in [5.41, 5.74) is 1.89. The number of piperidine rings is 1. The molecule has 2 aromatic heterocycles. The van der Waals surface area contributed by atoms with E-state index in [1.54, 1.807) is 6.33 Å². The number of rotatable bonds is 3. The molecule has 28 heavy (non-hydrogen) atoms. The Morgan fingerprint density at radius 1 is 0.857 bits per heavy atom. The van der Waals surface area contributed by atoms with Crippen LogP contribution < -0.4 is 9.80 Å². The molecule has 0 radical (unpaired) electrons. The molecule has 0 bridgehead atoms. The Bertz CT molecular complexity index is 810. The van der Waals surface area contributed by atoms with Gasteiger partial charge in [-0.2, -0.15) is 5.10 Å². The summed E-state index contributed by atoms with van der Waals surface area (Å²) in [6, 6.07) is 6.00. The second-order valence-electron chi connectivity index (χ2n) is 7.62. The number of piperazine rings is 1. The van der Waals surface area contributed by atoms with Crippen molar-refractivity contribution in [2.75, 3.05) is 49.1 Å². The molecule has 2 aliphatic rings. The van der Waals surface area contributed by atoms with E-state index in [-0.39, 0.29) is 5.92 Å². The molecule has 1 amide bonds. The Labute approximate surface area is 165 Å². The van der Waals surface area contributed by atoms with Crippen molar-refractivity contribution < 1.29 is 4.79 Å². The Kier molecular flexibility index (Phi) is 5.36. The van der Waals surface area contributed by atoms with Gasteiger partial charge < -0.3 is 14.7 Å². The van der Waals surface area contributed by atoms with Crippen LogP contribution in [0.3, 0.4) is 0 Å². The highest BCUT2D eigenvalue weighted by molar-refractivity contribution is 5.79. The molecule has 0 aliphatic carbocycles. The van der Waals surface area contributed by atoms with Gasteiger partial charge in [0.05, 0.1) is 5.69 Å². The lowest BCUT2D eigenvalue weighted by Gasteiger charge is -2.39. The maximum atomic E-state index is 13.0. The number of aromatic nitrogens is 4. The SMILES string of the molecule is Cc1cc(N2CCN(C(=O)C3CCN(c4ccc(C)nn4)CC3)CC2)ncn1. The molecule has 4 rings (SSSR count). The van der Waals surface area contributed by atoms with Crippen LogP contribution in [0.1, 0.15) is 24.2 Å². The van der Waals surface area contributed by atoms with Crippen LogP contribution in [0.5, 0.6) is 0 Å². The van der Waals surface area contributed by atoms with Crippen LogP contribution in [0.25, 0.3) is 0 Å². The molecule has 4 heterocycles. The van der Waals surface area contributed by atoms with Crippen LogP contribution in [0.4, 0.5) is 11.6 Å². The third-order valence-electron chi connectivity index (χ3n) is 5.66. The fourth-order valence-corrected chi connectivity index (χ4v) is 3.94. The molecule has 0 N–H and O–H groups in total.